The lowest BCUT2D eigenvalue weighted by molar-refractivity contribution is 0.0444. The highest BCUT2D eigenvalue weighted by molar-refractivity contribution is 6.15. The van der Waals surface area contributed by atoms with E-state index in [2.05, 4.69) is 33.7 Å². The van der Waals surface area contributed by atoms with Crippen LogP contribution < -0.4 is 4.90 Å². The number of esters is 2. The van der Waals surface area contributed by atoms with E-state index in [0.29, 0.717) is 11.4 Å². The van der Waals surface area contributed by atoms with Gasteiger partial charge in [0.15, 0.2) is 0 Å². The Morgan fingerprint density at radius 3 is 2.08 bits per heavy atom. The maximum Gasteiger partial charge on any atom is 0.346 e. The number of nitrogens with zero attached hydrogens (tertiary/aromatic N) is 3. The molecule has 0 radical (unpaired) electrons. The largest absolute Gasteiger partial charge is 0.386 e. The fourth-order valence-electron chi connectivity index (χ4n) is 2.57. The Bertz CT molecular complexity index is 809. The van der Waals surface area contributed by atoms with Gasteiger partial charge in [-0.2, -0.15) is 10.2 Å². The number of benzene rings is 2. The van der Waals surface area contributed by atoms with E-state index >= 15 is 0 Å². The van der Waals surface area contributed by atoms with Crippen LogP contribution in [0.4, 0.5) is 17.1 Å². The summed E-state index contributed by atoms with van der Waals surface area (Å²) in [7, 11) is 0. The lowest BCUT2D eigenvalue weighted by Gasteiger charge is -2.20. The summed E-state index contributed by atoms with van der Waals surface area (Å²) in [5.41, 5.74) is 2.84. The lowest BCUT2D eigenvalue weighted by atomic mass is 10.1. The minimum Gasteiger partial charge on any atom is -0.386 e. The fourth-order valence-corrected chi connectivity index (χ4v) is 2.57. The molecule has 1 aliphatic rings. The Balaban J connectivity index is 1.78. The number of cyclic esters (lactones) is 2. The van der Waals surface area contributed by atoms with Crippen LogP contribution in [0.25, 0.3) is 0 Å². The van der Waals surface area contributed by atoms with E-state index < -0.39 is 11.9 Å². The van der Waals surface area contributed by atoms with Crippen molar-refractivity contribution in [2.24, 2.45) is 10.2 Å². The van der Waals surface area contributed by atoms with Crippen LogP contribution in [-0.2, 0) is 4.74 Å². The second-order valence-electron chi connectivity index (χ2n) is 5.30. The van der Waals surface area contributed by atoms with Gasteiger partial charge in [0.2, 0.25) is 0 Å². The fraction of sp³-hybridized carbons (Fsp3) is 0.222. The molecule has 6 heteroatoms. The number of anilines is 1. The smallest absolute Gasteiger partial charge is 0.346 e. The van der Waals surface area contributed by atoms with E-state index in [0.717, 1.165) is 18.8 Å². The second kappa shape index (κ2) is 6.62. The number of carbonyl (C=O) groups is 2. The average molecular weight is 323 g/mol. The van der Waals surface area contributed by atoms with Gasteiger partial charge >= 0.3 is 11.9 Å². The van der Waals surface area contributed by atoms with Crippen LogP contribution in [-0.4, -0.2) is 25.0 Å². The summed E-state index contributed by atoms with van der Waals surface area (Å²) in [6.45, 7) is 6.12. The van der Waals surface area contributed by atoms with E-state index in [1.807, 2.05) is 24.3 Å². The summed E-state index contributed by atoms with van der Waals surface area (Å²) in [5.74, 6) is -1.26. The zero-order valence-corrected chi connectivity index (χ0v) is 13.5. The first-order valence-electron chi connectivity index (χ1n) is 7.79. The minimum absolute atomic E-state index is 0.230. The highest BCUT2D eigenvalue weighted by atomic mass is 16.6. The monoisotopic (exact) mass is 323 g/mol. The summed E-state index contributed by atoms with van der Waals surface area (Å²) >= 11 is 0. The van der Waals surface area contributed by atoms with Crippen molar-refractivity contribution in [2.45, 2.75) is 13.8 Å². The molecule has 0 unspecified atom stereocenters. The third kappa shape index (κ3) is 3.03. The van der Waals surface area contributed by atoms with Crippen molar-refractivity contribution in [2.75, 3.05) is 18.0 Å². The first-order chi connectivity index (χ1) is 11.6. The van der Waals surface area contributed by atoms with Gasteiger partial charge in [-0.15, -0.1) is 0 Å². The zero-order valence-electron chi connectivity index (χ0n) is 13.5. The highest BCUT2D eigenvalue weighted by Gasteiger charge is 2.29. The average Bonchev–Trinajstić information content (AvgIpc) is 2.89. The van der Waals surface area contributed by atoms with Crippen molar-refractivity contribution >= 4 is 29.0 Å². The molecule has 1 heterocycles. The summed E-state index contributed by atoms with van der Waals surface area (Å²) in [6.07, 6.45) is 0. The molecule has 0 amide bonds. The number of hydrogen-bond acceptors (Lipinski definition) is 6. The van der Waals surface area contributed by atoms with Crippen LogP contribution in [0.3, 0.4) is 0 Å². The SMILES string of the molecule is CCN(CC)c1ccc(N=Nc2ccc3c(c2)C(=O)OC3=O)cc1. The summed E-state index contributed by atoms with van der Waals surface area (Å²) in [5, 5.41) is 8.29. The molecule has 0 N–H and O–H groups in total. The Morgan fingerprint density at radius 2 is 1.42 bits per heavy atom. The third-order valence-corrected chi connectivity index (χ3v) is 3.89. The van der Waals surface area contributed by atoms with Crippen LogP contribution >= 0.6 is 0 Å². The number of rotatable bonds is 5. The Kier molecular flexibility index (Phi) is 4.37. The van der Waals surface area contributed by atoms with Gasteiger partial charge < -0.3 is 9.64 Å². The van der Waals surface area contributed by atoms with E-state index in [1.165, 1.54) is 12.1 Å². The third-order valence-electron chi connectivity index (χ3n) is 3.89. The molecule has 2 aromatic rings. The highest BCUT2D eigenvalue weighted by Crippen LogP contribution is 2.27. The van der Waals surface area contributed by atoms with E-state index in [1.54, 1.807) is 6.07 Å². The predicted octanol–water partition coefficient (Wildman–Crippen LogP) is 4.26. The predicted molar refractivity (Wildman–Crippen MR) is 90.4 cm³/mol. The standard InChI is InChI=1S/C18H17N3O3/c1-3-21(4-2)14-8-5-12(6-9-14)19-20-13-7-10-15-16(11-13)18(23)24-17(15)22/h5-11H,3-4H2,1-2H3. The molecule has 24 heavy (non-hydrogen) atoms. The normalized spacial score (nSPS) is 13.2. The molecule has 0 spiro atoms. The van der Waals surface area contributed by atoms with Gasteiger partial charge in [-0.1, -0.05) is 0 Å². The summed E-state index contributed by atoms with van der Waals surface area (Å²) < 4.78 is 4.55. The van der Waals surface area contributed by atoms with Crippen LogP contribution in [0.5, 0.6) is 0 Å². The maximum atomic E-state index is 11.5. The molecule has 0 saturated carbocycles. The molecular formula is C18H17N3O3. The topological polar surface area (TPSA) is 71.3 Å². The van der Waals surface area contributed by atoms with Crippen LogP contribution in [0.2, 0.25) is 0 Å². The number of ether oxygens (including phenoxy) is 1. The molecular weight excluding hydrogens is 306 g/mol. The zero-order chi connectivity index (χ0) is 17.1. The molecule has 6 nitrogen and oxygen atoms in total. The molecule has 0 saturated heterocycles. The van der Waals surface area contributed by atoms with Crippen molar-refractivity contribution in [3.8, 4) is 0 Å². The Morgan fingerprint density at radius 1 is 0.833 bits per heavy atom. The van der Waals surface area contributed by atoms with E-state index in [-0.39, 0.29) is 11.1 Å². The van der Waals surface area contributed by atoms with Crippen LogP contribution in [0.1, 0.15) is 34.6 Å². The van der Waals surface area contributed by atoms with E-state index in [9.17, 15) is 9.59 Å². The molecule has 3 rings (SSSR count). The van der Waals surface area contributed by atoms with Gasteiger partial charge in [-0.3, -0.25) is 0 Å². The van der Waals surface area contributed by atoms with Gasteiger partial charge in [-0.25, -0.2) is 9.59 Å². The summed E-state index contributed by atoms with van der Waals surface area (Å²) in [6, 6.07) is 12.5. The Hall–Kier alpha value is -3.02. The van der Waals surface area contributed by atoms with Crippen LogP contribution in [0, 0.1) is 0 Å². The van der Waals surface area contributed by atoms with Crippen molar-refractivity contribution in [1.82, 2.24) is 0 Å². The second-order valence-corrected chi connectivity index (χ2v) is 5.30. The van der Waals surface area contributed by atoms with Crippen molar-refractivity contribution in [3.63, 3.8) is 0 Å². The van der Waals surface area contributed by atoms with Crippen molar-refractivity contribution < 1.29 is 14.3 Å². The number of fused-ring (bicyclic) bond motifs is 1. The first kappa shape index (κ1) is 15.9. The van der Waals surface area contributed by atoms with Gasteiger partial charge in [0, 0.05) is 18.8 Å². The molecule has 2 aromatic carbocycles. The molecule has 0 fully saturated rings. The summed E-state index contributed by atoms with van der Waals surface area (Å²) in [4.78, 5) is 25.2. The van der Waals surface area contributed by atoms with Gasteiger partial charge in [0.1, 0.15) is 0 Å². The van der Waals surface area contributed by atoms with Gasteiger partial charge in [0.05, 0.1) is 22.5 Å². The van der Waals surface area contributed by atoms with Crippen molar-refractivity contribution in [1.29, 1.82) is 0 Å². The number of hydrogen-bond donors (Lipinski definition) is 0. The molecule has 0 atom stereocenters. The Labute approximate surface area is 139 Å². The quantitative estimate of drug-likeness (QED) is 0.468. The van der Waals surface area contributed by atoms with Crippen molar-refractivity contribution in [3.05, 3.63) is 53.6 Å². The lowest BCUT2D eigenvalue weighted by Crippen LogP contribution is -2.21. The molecule has 0 aromatic heterocycles. The number of azo groups is 1. The molecule has 1 aliphatic heterocycles. The molecule has 122 valence electrons. The van der Waals surface area contributed by atoms with Gasteiger partial charge in [-0.05, 0) is 56.3 Å². The number of carbonyl (C=O) groups excluding carboxylic acids is 2. The molecule has 0 aliphatic carbocycles. The minimum atomic E-state index is -0.643. The van der Waals surface area contributed by atoms with Gasteiger partial charge in [0.25, 0.3) is 0 Å². The molecule has 0 bridgehead atoms. The first-order valence-corrected chi connectivity index (χ1v) is 7.79. The van der Waals surface area contributed by atoms with E-state index in [4.69, 9.17) is 0 Å². The maximum absolute atomic E-state index is 11.5. The van der Waals surface area contributed by atoms with Crippen LogP contribution in [0.15, 0.2) is 52.7 Å².